The topological polar surface area (TPSA) is 51.7 Å². The standard InChI is InChI=1S/C24H33N5O/c1-27-12-14-29(15-13-27)23-16-21(9-10-25-23)17-26-24(30)22-8-5-11-28(19-22)18-20-6-3-2-4-7-20/h2-4,6-7,9-10,16,22H,5,8,11-15,17-19H2,1H3,(H,26,30). The maximum Gasteiger partial charge on any atom is 0.224 e. The molecule has 6 heteroatoms. The van der Waals surface area contributed by atoms with Gasteiger partial charge >= 0.3 is 0 Å². The molecule has 2 aliphatic rings. The zero-order chi connectivity index (χ0) is 20.8. The van der Waals surface area contributed by atoms with Crippen molar-refractivity contribution >= 4 is 11.7 Å². The van der Waals surface area contributed by atoms with Crippen LogP contribution in [0.15, 0.2) is 48.7 Å². The number of carbonyl (C=O) groups is 1. The minimum atomic E-state index is 0.0707. The van der Waals surface area contributed by atoms with Gasteiger partial charge in [-0.15, -0.1) is 0 Å². The number of pyridine rings is 1. The molecule has 1 aromatic carbocycles. The van der Waals surface area contributed by atoms with E-state index in [2.05, 4.69) is 62.4 Å². The minimum Gasteiger partial charge on any atom is -0.354 e. The highest BCUT2D eigenvalue weighted by atomic mass is 16.1. The summed E-state index contributed by atoms with van der Waals surface area (Å²) in [6, 6.07) is 14.6. The molecule has 30 heavy (non-hydrogen) atoms. The number of carbonyl (C=O) groups excluding carboxylic acids is 1. The molecule has 0 spiro atoms. The van der Waals surface area contributed by atoms with E-state index in [1.807, 2.05) is 18.3 Å². The Bertz CT molecular complexity index is 819. The lowest BCUT2D eigenvalue weighted by Crippen LogP contribution is -2.44. The third-order valence-corrected chi connectivity index (χ3v) is 6.23. The van der Waals surface area contributed by atoms with E-state index in [1.165, 1.54) is 5.56 Å². The van der Waals surface area contributed by atoms with Gasteiger partial charge in [-0.2, -0.15) is 0 Å². The predicted octanol–water partition coefficient (Wildman–Crippen LogP) is 2.36. The summed E-state index contributed by atoms with van der Waals surface area (Å²) in [7, 11) is 2.16. The Hall–Kier alpha value is -2.44. The van der Waals surface area contributed by atoms with Crippen molar-refractivity contribution in [2.75, 3.05) is 51.2 Å². The molecule has 2 aliphatic heterocycles. The monoisotopic (exact) mass is 407 g/mol. The van der Waals surface area contributed by atoms with Crippen LogP contribution in [0.1, 0.15) is 24.0 Å². The fraction of sp³-hybridized carbons (Fsp3) is 0.500. The molecular formula is C24H33N5O. The lowest BCUT2D eigenvalue weighted by molar-refractivity contribution is -0.126. The van der Waals surface area contributed by atoms with Crippen LogP contribution >= 0.6 is 0 Å². The fourth-order valence-corrected chi connectivity index (χ4v) is 4.37. The molecule has 0 saturated carbocycles. The van der Waals surface area contributed by atoms with Crippen LogP contribution in [0.3, 0.4) is 0 Å². The van der Waals surface area contributed by atoms with Gasteiger partial charge in [0.1, 0.15) is 5.82 Å². The number of nitrogens with zero attached hydrogens (tertiary/aromatic N) is 4. The second-order valence-corrected chi connectivity index (χ2v) is 8.59. The number of piperazine rings is 1. The van der Waals surface area contributed by atoms with Crippen LogP contribution < -0.4 is 10.2 Å². The molecule has 2 saturated heterocycles. The van der Waals surface area contributed by atoms with Gasteiger partial charge in [0.2, 0.25) is 5.91 Å². The van der Waals surface area contributed by atoms with Crippen LogP contribution in [0.25, 0.3) is 0 Å². The smallest absolute Gasteiger partial charge is 0.224 e. The average Bonchev–Trinajstić information content (AvgIpc) is 2.79. The highest BCUT2D eigenvalue weighted by molar-refractivity contribution is 5.79. The Kier molecular flexibility index (Phi) is 6.97. The molecule has 1 atom stereocenters. The van der Waals surface area contributed by atoms with Crippen LogP contribution in [-0.2, 0) is 17.9 Å². The Labute approximate surface area is 179 Å². The zero-order valence-corrected chi connectivity index (χ0v) is 18.0. The molecule has 1 aromatic heterocycles. The van der Waals surface area contributed by atoms with Crippen LogP contribution in [0, 0.1) is 5.92 Å². The average molecular weight is 408 g/mol. The first-order valence-electron chi connectivity index (χ1n) is 11.1. The van der Waals surface area contributed by atoms with E-state index >= 15 is 0 Å². The van der Waals surface area contributed by atoms with Crippen LogP contribution in [0.2, 0.25) is 0 Å². The van der Waals surface area contributed by atoms with Crippen molar-refractivity contribution in [1.82, 2.24) is 20.1 Å². The van der Waals surface area contributed by atoms with Crippen molar-refractivity contribution in [3.05, 3.63) is 59.8 Å². The van der Waals surface area contributed by atoms with Crippen molar-refractivity contribution in [2.24, 2.45) is 5.92 Å². The summed E-state index contributed by atoms with van der Waals surface area (Å²) in [6.45, 7) is 7.51. The molecule has 160 valence electrons. The minimum absolute atomic E-state index is 0.0707. The lowest BCUT2D eigenvalue weighted by Gasteiger charge is -2.33. The molecule has 6 nitrogen and oxygen atoms in total. The van der Waals surface area contributed by atoms with Gasteiger partial charge in [0.15, 0.2) is 0 Å². The summed E-state index contributed by atoms with van der Waals surface area (Å²) in [5, 5.41) is 3.17. The summed E-state index contributed by atoms with van der Waals surface area (Å²) < 4.78 is 0. The Morgan fingerprint density at radius 3 is 2.67 bits per heavy atom. The number of nitrogens with one attached hydrogen (secondary N) is 1. The van der Waals surface area contributed by atoms with Gasteiger partial charge in [-0.25, -0.2) is 4.98 Å². The molecule has 2 fully saturated rings. The number of hydrogen-bond donors (Lipinski definition) is 1. The van der Waals surface area contributed by atoms with E-state index in [0.717, 1.165) is 70.0 Å². The van der Waals surface area contributed by atoms with Gasteiger partial charge in [-0.05, 0) is 49.7 Å². The summed E-state index contributed by atoms with van der Waals surface area (Å²) in [5.74, 6) is 1.26. The second kappa shape index (κ2) is 10.0. The van der Waals surface area contributed by atoms with Crippen molar-refractivity contribution in [2.45, 2.75) is 25.9 Å². The Morgan fingerprint density at radius 2 is 1.87 bits per heavy atom. The van der Waals surface area contributed by atoms with Gasteiger partial charge in [0, 0.05) is 52.0 Å². The number of rotatable bonds is 6. The summed E-state index contributed by atoms with van der Waals surface area (Å²) in [6.07, 6.45) is 3.91. The van der Waals surface area contributed by atoms with Gasteiger partial charge in [-0.3, -0.25) is 9.69 Å². The second-order valence-electron chi connectivity index (χ2n) is 8.59. The lowest BCUT2D eigenvalue weighted by atomic mass is 9.96. The number of aromatic nitrogens is 1. The van der Waals surface area contributed by atoms with Crippen molar-refractivity contribution < 1.29 is 4.79 Å². The van der Waals surface area contributed by atoms with E-state index in [9.17, 15) is 4.79 Å². The molecule has 3 heterocycles. The molecule has 2 aromatic rings. The number of likely N-dealkylation sites (tertiary alicyclic amines) is 1. The van der Waals surface area contributed by atoms with Gasteiger partial charge < -0.3 is 15.1 Å². The first kappa shape index (κ1) is 20.8. The highest BCUT2D eigenvalue weighted by Crippen LogP contribution is 2.19. The summed E-state index contributed by atoms with van der Waals surface area (Å²) >= 11 is 0. The number of benzene rings is 1. The van der Waals surface area contributed by atoms with E-state index in [-0.39, 0.29) is 11.8 Å². The van der Waals surface area contributed by atoms with Crippen LogP contribution in [0.4, 0.5) is 5.82 Å². The van der Waals surface area contributed by atoms with Gasteiger partial charge in [-0.1, -0.05) is 30.3 Å². The normalized spacial score (nSPS) is 20.8. The number of likely N-dealkylation sites (N-methyl/N-ethyl adjacent to an activating group) is 1. The molecule has 1 amide bonds. The number of anilines is 1. The molecule has 0 radical (unpaired) electrons. The van der Waals surface area contributed by atoms with E-state index in [4.69, 9.17) is 0 Å². The quantitative estimate of drug-likeness (QED) is 0.797. The van der Waals surface area contributed by atoms with Crippen molar-refractivity contribution in [3.63, 3.8) is 0 Å². The Balaban J connectivity index is 1.28. The van der Waals surface area contributed by atoms with Crippen molar-refractivity contribution in [3.8, 4) is 0 Å². The number of amides is 1. The summed E-state index contributed by atoms with van der Waals surface area (Å²) in [5.41, 5.74) is 2.43. The number of piperidine rings is 1. The maximum absolute atomic E-state index is 12.8. The third kappa shape index (κ3) is 5.58. The summed E-state index contributed by atoms with van der Waals surface area (Å²) in [4.78, 5) is 24.4. The zero-order valence-electron chi connectivity index (χ0n) is 18.0. The predicted molar refractivity (Wildman–Crippen MR) is 120 cm³/mol. The van der Waals surface area contributed by atoms with Gasteiger partial charge in [0.05, 0.1) is 5.92 Å². The SMILES string of the molecule is CN1CCN(c2cc(CNC(=O)C3CCCN(Cc4ccccc4)C3)ccn2)CC1. The maximum atomic E-state index is 12.8. The van der Waals surface area contributed by atoms with E-state index in [1.54, 1.807) is 0 Å². The fourth-order valence-electron chi connectivity index (χ4n) is 4.37. The molecule has 1 unspecified atom stereocenters. The highest BCUT2D eigenvalue weighted by Gasteiger charge is 2.25. The van der Waals surface area contributed by atoms with Crippen molar-refractivity contribution in [1.29, 1.82) is 0 Å². The molecule has 4 rings (SSSR count). The van der Waals surface area contributed by atoms with Crippen LogP contribution in [0.5, 0.6) is 0 Å². The molecule has 0 aliphatic carbocycles. The first-order chi connectivity index (χ1) is 14.7. The van der Waals surface area contributed by atoms with Crippen LogP contribution in [-0.4, -0.2) is 67.0 Å². The van der Waals surface area contributed by atoms with E-state index < -0.39 is 0 Å². The Morgan fingerprint density at radius 1 is 1.07 bits per heavy atom. The molecule has 1 N–H and O–H groups in total. The first-order valence-corrected chi connectivity index (χ1v) is 11.1. The van der Waals surface area contributed by atoms with E-state index in [0.29, 0.717) is 6.54 Å². The molecule has 0 bridgehead atoms. The third-order valence-electron chi connectivity index (χ3n) is 6.23. The number of hydrogen-bond acceptors (Lipinski definition) is 5. The van der Waals surface area contributed by atoms with Gasteiger partial charge in [0.25, 0.3) is 0 Å². The molecular weight excluding hydrogens is 374 g/mol. The largest absolute Gasteiger partial charge is 0.354 e.